The number of pyridine rings is 1. The quantitative estimate of drug-likeness (QED) is 0.556. The van der Waals surface area contributed by atoms with Crippen molar-refractivity contribution >= 4 is 17.9 Å². The van der Waals surface area contributed by atoms with Gasteiger partial charge in [0.25, 0.3) is 0 Å². The van der Waals surface area contributed by atoms with Crippen LogP contribution < -0.4 is 4.74 Å². The number of aryl methyl sites for hydroxylation is 1. The summed E-state index contributed by atoms with van der Waals surface area (Å²) in [5.41, 5.74) is 1.67. The maximum absolute atomic E-state index is 12.5. The van der Waals surface area contributed by atoms with E-state index in [-0.39, 0.29) is 23.1 Å². The third-order valence-electron chi connectivity index (χ3n) is 6.55. The highest BCUT2D eigenvalue weighted by Crippen LogP contribution is 2.31. The highest BCUT2D eigenvalue weighted by atomic mass is 16.6. The van der Waals surface area contributed by atoms with E-state index in [9.17, 15) is 14.4 Å². The van der Waals surface area contributed by atoms with Crippen LogP contribution in [0.1, 0.15) is 37.9 Å². The molecule has 0 aromatic carbocycles. The van der Waals surface area contributed by atoms with E-state index in [1.54, 1.807) is 23.5 Å². The summed E-state index contributed by atoms with van der Waals surface area (Å²) in [5, 5.41) is 0. The summed E-state index contributed by atoms with van der Waals surface area (Å²) in [7, 11) is 1.96. The molecule has 0 radical (unpaired) electrons. The number of imidazole rings is 1. The first kappa shape index (κ1) is 24.8. The zero-order chi connectivity index (χ0) is 25.0. The third-order valence-corrected chi connectivity index (χ3v) is 6.55. The van der Waals surface area contributed by atoms with Crippen molar-refractivity contribution in [2.75, 3.05) is 39.3 Å². The molecule has 0 spiro atoms. The number of nitrogens with zero attached hydrogens (tertiary/aromatic N) is 6. The summed E-state index contributed by atoms with van der Waals surface area (Å²) in [4.78, 5) is 51.1. The van der Waals surface area contributed by atoms with Crippen LogP contribution >= 0.6 is 0 Å². The van der Waals surface area contributed by atoms with Gasteiger partial charge in [-0.1, -0.05) is 19.9 Å². The summed E-state index contributed by atoms with van der Waals surface area (Å²) in [6, 6.07) is 3.47. The lowest BCUT2D eigenvalue weighted by Gasteiger charge is -2.34. The molecule has 0 unspecified atom stereocenters. The maximum Gasteiger partial charge on any atom is 0.416 e. The minimum Gasteiger partial charge on any atom is -0.391 e. The number of aromatic nitrogens is 3. The van der Waals surface area contributed by atoms with Gasteiger partial charge in [0.05, 0.1) is 12.0 Å². The normalized spacial score (nSPS) is 18.7. The molecule has 188 valence electrons. The van der Waals surface area contributed by atoms with Gasteiger partial charge in [-0.25, -0.2) is 14.8 Å². The molecule has 0 aliphatic carbocycles. The van der Waals surface area contributed by atoms with Crippen LogP contribution in [0.2, 0.25) is 0 Å². The fourth-order valence-corrected chi connectivity index (χ4v) is 4.50. The summed E-state index contributed by atoms with van der Waals surface area (Å²) < 4.78 is 7.40. The second-order valence-corrected chi connectivity index (χ2v) is 10.2. The van der Waals surface area contributed by atoms with Gasteiger partial charge >= 0.3 is 6.09 Å². The van der Waals surface area contributed by atoms with E-state index in [2.05, 4.69) is 14.9 Å². The molecule has 2 aliphatic rings. The minimum absolute atomic E-state index is 0.124. The highest BCUT2D eigenvalue weighted by molar-refractivity contribution is 5.98. The lowest BCUT2D eigenvalue weighted by atomic mass is 9.81. The van der Waals surface area contributed by atoms with Gasteiger partial charge in [-0.2, -0.15) is 0 Å². The molecule has 2 fully saturated rings. The van der Waals surface area contributed by atoms with Crippen molar-refractivity contribution in [1.82, 2.24) is 29.2 Å². The number of likely N-dealkylation sites (tertiary alicyclic amines) is 1. The SMILES string of the molecule is Cn1cnc(CCN2CCN(C(=O)Oc3ccc(CCN4C(=O)CC(C)(C)CC4=O)cn3)CC2)c1. The molecule has 10 heteroatoms. The number of amides is 3. The van der Waals surface area contributed by atoms with Gasteiger partial charge < -0.3 is 14.2 Å². The lowest BCUT2D eigenvalue weighted by molar-refractivity contribution is -0.152. The molecule has 35 heavy (non-hydrogen) atoms. The van der Waals surface area contributed by atoms with Crippen molar-refractivity contribution in [1.29, 1.82) is 0 Å². The van der Waals surface area contributed by atoms with Gasteiger partial charge in [-0.15, -0.1) is 0 Å². The second kappa shape index (κ2) is 10.6. The molecule has 0 N–H and O–H groups in total. The second-order valence-electron chi connectivity index (χ2n) is 10.2. The van der Waals surface area contributed by atoms with Crippen molar-refractivity contribution in [2.24, 2.45) is 12.5 Å². The number of hydrogen-bond acceptors (Lipinski definition) is 7. The van der Waals surface area contributed by atoms with Crippen LogP contribution in [0.15, 0.2) is 30.9 Å². The first-order chi connectivity index (χ1) is 16.7. The minimum atomic E-state index is -0.401. The number of ether oxygens (including phenoxy) is 1. The highest BCUT2D eigenvalue weighted by Gasteiger charge is 2.37. The molecule has 0 saturated carbocycles. The van der Waals surface area contributed by atoms with Crippen molar-refractivity contribution in [3.8, 4) is 5.88 Å². The summed E-state index contributed by atoms with van der Waals surface area (Å²) >= 11 is 0. The Hall–Kier alpha value is -3.27. The number of imide groups is 1. The summed E-state index contributed by atoms with van der Waals surface area (Å²) in [6.45, 7) is 7.91. The van der Waals surface area contributed by atoms with E-state index in [1.165, 1.54) is 4.90 Å². The van der Waals surface area contributed by atoms with Gasteiger partial charge in [0, 0.05) is 84.0 Å². The molecule has 10 nitrogen and oxygen atoms in total. The predicted octanol–water partition coefficient (Wildman–Crippen LogP) is 1.89. The van der Waals surface area contributed by atoms with E-state index in [1.807, 2.05) is 37.7 Å². The molecular formula is C25H34N6O4. The Morgan fingerprint density at radius 1 is 1.00 bits per heavy atom. The number of rotatable bonds is 7. The predicted molar refractivity (Wildman–Crippen MR) is 129 cm³/mol. The van der Waals surface area contributed by atoms with E-state index in [0.717, 1.165) is 37.3 Å². The Morgan fingerprint density at radius 3 is 2.31 bits per heavy atom. The van der Waals surface area contributed by atoms with Gasteiger partial charge in [0.15, 0.2) is 0 Å². The van der Waals surface area contributed by atoms with Gasteiger partial charge in [-0.05, 0) is 17.4 Å². The molecule has 4 heterocycles. The Morgan fingerprint density at radius 2 is 1.71 bits per heavy atom. The average molecular weight is 483 g/mol. The third kappa shape index (κ3) is 6.66. The molecule has 0 bridgehead atoms. The maximum atomic E-state index is 12.5. The molecule has 2 aromatic rings. The molecule has 2 saturated heterocycles. The van der Waals surface area contributed by atoms with Gasteiger partial charge in [0.2, 0.25) is 17.7 Å². The van der Waals surface area contributed by atoms with Gasteiger partial charge in [0.1, 0.15) is 0 Å². The van der Waals surface area contributed by atoms with E-state index >= 15 is 0 Å². The molecule has 0 atom stereocenters. The Bertz CT molecular complexity index is 1040. The topological polar surface area (TPSA) is 101 Å². The van der Waals surface area contributed by atoms with Crippen LogP contribution in [0.5, 0.6) is 5.88 Å². The zero-order valence-corrected chi connectivity index (χ0v) is 20.8. The number of carbonyl (C=O) groups excluding carboxylic acids is 3. The standard InChI is InChI=1S/C25H34N6O4/c1-25(2)14-22(32)31(23(33)15-25)9-6-19-4-5-21(26-16-19)35-24(34)30-12-10-29(11-13-30)8-7-20-17-28(3)18-27-20/h4-5,16-18H,6-15H2,1-3H3. The number of carbonyl (C=O) groups is 3. The molecule has 2 aromatic heterocycles. The van der Waals surface area contributed by atoms with Crippen molar-refractivity contribution in [3.05, 3.63) is 42.1 Å². The van der Waals surface area contributed by atoms with Crippen LogP contribution in [0.4, 0.5) is 4.79 Å². The Balaban J connectivity index is 1.19. The van der Waals surface area contributed by atoms with Crippen LogP contribution in [0.25, 0.3) is 0 Å². The monoisotopic (exact) mass is 482 g/mol. The lowest BCUT2D eigenvalue weighted by Crippen LogP contribution is -2.50. The van der Waals surface area contributed by atoms with Crippen molar-refractivity contribution in [2.45, 2.75) is 39.5 Å². The number of piperazine rings is 1. The summed E-state index contributed by atoms with van der Waals surface area (Å²) in [5.74, 6) is -0.00798. The first-order valence-electron chi connectivity index (χ1n) is 12.1. The summed E-state index contributed by atoms with van der Waals surface area (Å²) in [6.07, 6.45) is 7.22. The fourth-order valence-electron chi connectivity index (χ4n) is 4.50. The number of hydrogen-bond donors (Lipinski definition) is 0. The smallest absolute Gasteiger partial charge is 0.391 e. The van der Waals surface area contributed by atoms with E-state index in [4.69, 9.17) is 4.74 Å². The molecule has 4 rings (SSSR count). The molecule has 3 amide bonds. The molecule has 2 aliphatic heterocycles. The van der Waals surface area contributed by atoms with Crippen molar-refractivity contribution in [3.63, 3.8) is 0 Å². The van der Waals surface area contributed by atoms with E-state index in [0.29, 0.717) is 38.9 Å². The van der Waals surface area contributed by atoms with E-state index < -0.39 is 6.09 Å². The Labute approximate surface area is 205 Å². The van der Waals surface area contributed by atoms with Crippen LogP contribution in [-0.2, 0) is 29.5 Å². The average Bonchev–Trinajstić information content (AvgIpc) is 3.23. The van der Waals surface area contributed by atoms with Crippen LogP contribution in [-0.4, -0.2) is 86.4 Å². The Kier molecular flexibility index (Phi) is 7.49. The molecular weight excluding hydrogens is 448 g/mol. The zero-order valence-electron chi connectivity index (χ0n) is 20.8. The van der Waals surface area contributed by atoms with Crippen LogP contribution in [0, 0.1) is 5.41 Å². The van der Waals surface area contributed by atoms with Gasteiger partial charge in [-0.3, -0.25) is 19.4 Å². The van der Waals surface area contributed by atoms with Crippen molar-refractivity contribution < 1.29 is 19.1 Å². The number of piperidine rings is 1. The fraction of sp³-hybridized carbons (Fsp3) is 0.560. The van der Waals surface area contributed by atoms with Crippen LogP contribution in [0.3, 0.4) is 0 Å². The first-order valence-corrected chi connectivity index (χ1v) is 12.1. The largest absolute Gasteiger partial charge is 0.416 e.